The van der Waals surface area contributed by atoms with E-state index in [1.807, 2.05) is 48.7 Å². The number of hydrogen-bond donors (Lipinski definition) is 0. The van der Waals surface area contributed by atoms with Gasteiger partial charge >= 0.3 is 0 Å². The number of aromatic nitrogens is 1. The smallest absolute Gasteiger partial charge is 0.152 e. The van der Waals surface area contributed by atoms with E-state index in [-0.39, 0.29) is 0 Å². The Bertz CT molecular complexity index is 808. The molecule has 0 saturated heterocycles. The monoisotopic (exact) mass is 343 g/mol. The van der Waals surface area contributed by atoms with Gasteiger partial charge in [0.1, 0.15) is 5.75 Å². The van der Waals surface area contributed by atoms with Crippen molar-refractivity contribution in [1.29, 1.82) is 0 Å². The first-order valence-electron chi connectivity index (χ1n) is 6.58. The van der Waals surface area contributed by atoms with Crippen molar-refractivity contribution in [3.8, 4) is 5.75 Å². The number of carbonyl (C=O) groups excluding carboxylic acids is 1. The summed E-state index contributed by atoms with van der Waals surface area (Å²) in [4.78, 5) is 11.3. The molecule has 0 fully saturated rings. The highest BCUT2D eigenvalue weighted by molar-refractivity contribution is 9.10. The van der Waals surface area contributed by atoms with Crippen molar-refractivity contribution >= 4 is 33.1 Å². The Labute approximate surface area is 131 Å². The largest absolute Gasteiger partial charge is 0.496 e. The molecule has 0 saturated carbocycles. The number of para-hydroxylation sites is 1. The van der Waals surface area contributed by atoms with E-state index in [1.54, 1.807) is 7.11 Å². The number of methoxy groups -OCH3 is 1. The Hall–Kier alpha value is -2.07. The summed E-state index contributed by atoms with van der Waals surface area (Å²) in [5.41, 5.74) is 2.71. The number of aldehydes is 1. The third-order valence-electron chi connectivity index (χ3n) is 3.53. The van der Waals surface area contributed by atoms with E-state index < -0.39 is 0 Å². The van der Waals surface area contributed by atoms with Gasteiger partial charge in [0.05, 0.1) is 19.2 Å². The van der Waals surface area contributed by atoms with E-state index in [4.69, 9.17) is 4.74 Å². The van der Waals surface area contributed by atoms with Crippen molar-refractivity contribution < 1.29 is 9.53 Å². The fraction of sp³-hybridized carbons (Fsp3) is 0.118. The lowest BCUT2D eigenvalue weighted by Gasteiger charge is -2.12. The minimum atomic E-state index is 0.650. The lowest BCUT2D eigenvalue weighted by Crippen LogP contribution is -2.02. The Morgan fingerprint density at radius 2 is 2.10 bits per heavy atom. The normalized spacial score (nSPS) is 10.8. The van der Waals surface area contributed by atoms with E-state index in [0.29, 0.717) is 12.1 Å². The number of halogens is 1. The van der Waals surface area contributed by atoms with Crippen LogP contribution < -0.4 is 4.74 Å². The van der Waals surface area contributed by atoms with Crippen LogP contribution >= 0.6 is 15.9 Å². The molecule has 0 aliphatic heterocycles. The second-order valence-corrected chi connectivity index (χ2v) is 5.72. The summed E-state index contributed by atoms with van der Waals surface area (Å²) in [6, 6.07) is 13.7. The number of hydrogen-bond acceptors (Lipinski definition) is 2. The lowest BCUT2D eigenvalue weighted by atomic mass is 10.1. The van der Waals surface area contributed by atoms with Crippen LogP contribution in [0.1, 0.15) is 15.9 Å². The third kappa shape index (κ3) is 2.59. The maximum Gasteiger partial charge on any atom is 0.152 e. The highest BCUT2D eigenvalue weighted by Gasteiger charge is 2.09. The van der Waals surface area contributed by atoms with Crippen LogP contribution in [0.2, 0.25) is 0 Å². The van der Waals surface area contributed by atoms with Gasteiger partial charge in [-0.15, -0.1) is 0 Å². The van der Waals surface area contributed by atoms with Gasteiger partial charge in [-0.25, -0.2) is 0 Å². The predicted molar refractivity (Wildman–Crippen MR) is 87.1 cm³/mol. The summed E-state index contributed by atoms with van der Waals surface area (Å²) in [6.45, 7) is 0.650. The molecule has 4 heteroatoms. The van der Waals surface area contributed by atoms with Gasteiger partial charge in [0.2, 0.25) is 0 Å². The van der Waals surface area contributed by atoms with Crippen molar-refractivity contribution in [2.75, 3.05) is 7.11 Å². The SMILES string of the molecule is COc1ccc(Br)cc1Cn1ccc2cccc(C=O)c21. The molecule has 21 heavy (non-hydrogen) atoms. The molecule has 0 radical (unpaired) electrons. The van der Waals surface area contributed by atoms with Gasteiger partial charge < -0.3 is 9.30 Å². The van der Waals surface area contributed by atoms with Crippen LogP contribution in [0.15, 0.2) is 53.1 Å². The van der Waals surface area contributed by atoms with Crippen LogP contribution in [-0.4, -0.2) is 18.0 Å². The van der Waals surface area contributed by atoms with E-state index in [0.717, 1.165) is 33.0 Å². The molecule has 3 aromatic rings. The van der Waals surface area contributed by atoms with E-state index >= 15 is 0 Å². The molecule has 2 aromatic carbocycles. The molecule has 0 unspecified atom stereocenters. The summed E-state index contributed by atoms with van der Waals surface area (Å²) in [5, 5.41) is 1.06. The van der Waals surface area contributed by atoms with E-state index in [9.17, 15) is 4.79 Å². The predicted octanol–water partition coefficient (Wildman–Crippen LogP) is 4.27. The Kier molecular flexibility index (Phi) is 3.80. The molecule has 1 aromatic heterocycles. The Balaban J connectivity index is 2.10. The zero-order valence-corrected chi connectivity index (χ0v) is 13.1. The summed E-state index contributed by atoms with van der Waals surface area (Å²) >= 11 is 3.49. The zero-order valence-electron chi connectivity index (χ0n) is 11.5. The first-order chi connectivity index (χ1) is 10.2. The number of nitrogens with zero attached hydrogens (tertiary/aromatic N) is 1. The van der Waals surface area contributed by atoms with E-state index in [2.05, 4.69) is 20.5 Å². The number of fused-ring (bicyclic) bond motifs is 1. The molecular weight excluding hydrogens is 330 g/mol. The van der Waals surface area contributed by atoms with Crippen LogP contribution in [-0.2, 0) is 6.54 Å². The summed E-state index contributed by atoms with van der Waals surface area (Å²) < 4.78 is 8.49. The number of rotatable bonds is 4. The van der Waals surface area contributed by atoms with Crippen molar-refractivity contribution in [2.24, 2.45) is 0 Å². The Morgan fingerprint density at radius 1 is 1.24 bits per heavy atom. The second kappa shape index (κ2) is 5.74. The third-order valence-corrected chi connectivity index (χ3v) is 4.02. The van der Waals surface area contributed by atoms with Crippen LogP contribution in [0.4, 0.5) is 0 Å². The van der Waals surface area contributed by atoms with Crippen LogP contribution in [0.3, 0.4) is 0 Å². The molecule has 0 spiro atoms. The molecule has 0 bridgehead atoms. The lowest BCUT2D eigenvalue weighted by molar-refractivity contribution is 0.112. The number of ether oxygens (including phenoxy) is 1. The van der Waals surface area contributed by atoms with E-state index in [1.165, 1.54) is 0 Å². The molecule has 3 rings (SSSR count). The average Bonchev–Trinajstić information content (AvgIpc) is 2.91. The highest BCUT2D eigenvalue weighted by Crippen LogP contribution is 2.26. The van der Waals surface area contributed by atoms with Gasteiger partial charge in [-0.05, 0) is 30.3 Å². The topological polar surface area (TPSA) is 31.2 Å². The maximum absolute atomic E-state index is 11.3. The summed E-state index contributed by atoms with van der Waals surface area (Å²) in [6.07, 6.45) is 2.90. The second-order valence-electron chi connectivity index (χ2n) is 4.80. The van der Waals surface area contributed by atoms with Crippen molar-refractivity contribution in [2.45, 2.75) is 6.54 Å². The van der Waals surface area contributed by atoms with Crippen LogP contribution in [0, 0.1) is 0 Å². The molecule has 1 heterocycles. The van der Waals surface area contributed by atoms with Crippen molar-refractivity contribution in [3.05, 3.63) is 64.3 Å². The van der Waals surface area contributed by atoms with Gasteiger partial charge in [-0.2, -0.15) is 0 Å². The van der Waals surface area contributed by atoms with Crippen LogP contribution in [0.5, 0.6) is 5.75 Å². The fourth-order valence-corrected chi connectivity index (χ4v) is 2.98. The first-order valence-corrected chi connectivity index (χ1v) is 7.37. The van der Waals surface area contributed by atoms with Gasteiger partial charge in [-0.3, -0.25) is 4.79 Å². The average molecular weight is 344 g/mol. The van der Waals surface area contributed by atoms with Gasteiger partial charge in [0, 0.05) is 27.2 Å². The van der Waals surface area contributed by atoms with Gasteiger partial charge in [-0.1, -0.05) is 28.1 Å². The Morgan fingerprint density at radius 3 is 2.86 bits per heavy atom. The molecular formula is C17H14BrNO2. The minimum absolute atomic E-state index is 0.650. The molecule has 0 N–H and O–H groups in total. The quantitative estimate of drug-likeness (QED) is 0.662. The van der Waals surface area contributed by atoms with Crippen LogP contribution in [0.25, 0.3) is 10.9 Å². The molecule has 0 atom stereocenters. The molecule has 106 valence electrons. The molecule has 0 aliphatic carbocycles. The maximum atomic E-state index is 11.3. The fourth-order valence-electron chi connectivity index (χ4n) is 2.57. The molecule has 0 amide bonds. The number of benzene rings is 2. The summed E-state index contributed by atoms with van der Waals surface area (Å²) in [7, 11) is 1.66. The van der Waals surface area contributed by atoms with Crippen molar-refractivity contribution in [3.63, 3.8) is 0 Å². The molecule has 0 aliphatic rings. The highest BCUT2D eigenvalue weighted by atomic mass is 79.9. The minimum Gasteiger partial charge on any atom is -0.496 e. The summed E-state index contributed by atoms with van der Waals surface area (Å²) in [5.74, 6) is 0.837. The van der Waals surface area contributed by atoms with Crippen molar-refractivity contribution in [1.82, 2.24) is 4.57 Å². The standard InChI is InChI=1S/C17H14BrNO2/c1-21-16-6-5-15(18)9-14(16)10-19-8-7-12-3-2-4-13(11-20)17(12)19/h2-9,11H,10H2,1H3. The zero-order chi connectivity index (χ0) is 14.8. The van der Waals surface area contributed by atoms with Gasteiger partial charge in [0.15, 0.2) is 6.29 Å². The molecule has 3 nitrogen and oxygen atoms in total. The first kappa shape index (κ1) is 13.9. The van der Waals surface area contributed by atoms with Gasteiger partial charge in [0.25, 0.3) is 0 Å². The number of carbonyl (C=O) groups is 1.